The molecule has 3 nitrogen and oxygen atoms in total. The largest absolute Gasteiger partial charge is 0.326 e. The molecule has 1 amide bonds. The number of hydrogen-bond acceptors (Lipinski definition) is 2. The van der Waals surface area contributed by atoms with Crippen molar-refractivity contribution in [3.63, 3.8) is 0 Å². The zero-order valence-corrected chi connectivity index (χ0v) is 12.9. The molecule has 3 rings (SSSR count). The lowest BCUT2D eigenvalue weighted by atomic mass is 9.96. The number of rotatable bonds is 3. The molecule has 2 aromatic rings. The fourth-order valence-corrected chi connectivity index (χ4v) is 3.07. The van der Waals surface area contributed by atoms with Gasteiger partial charge in [0, 0.05) is 15.7 Å². The zero-order valence-electron chi connectivity index (χ0n) is 11.4. The van der Waals surface area contributed by atoms with E-state index in [1.54, 1.807) is 12.1 Å². The van der Waals surface area contributed by atoms with Crippen LogP contribution in [0.4, 0.5) is 5.69 Å². The van der Waals surface area contributed by atoms with Gasteiger partial charge in [0.1, 0.15) is 0 Å². The summed E-state index contributed by atoms with van der Waals surface area (Å²) < 4.78 is 0. The second kappa shape index (κ2) is 5.68. The maximum atomic E-state index is 11.5. The van der Waals surface area contributed by atoms with E-state index in [2.05, 4.69) is 10.6 Å². The van der Waals surface area contributed by atoms with Crippen LogP contribution >= 0.6 is 23.2 Å². The van der Waals surface area contributed by atoms with Crippen LogP contribution in [0.2, 0.25) is 10.0 Å². The molecular formula is C16H14Cl2N2O. The van der Waals surface area contributed by atoms with Crippen molar-refractivity contribution in [3.8, 4) is 0 Å². The first-order valence-electron chi connectivity index (χ1n) is 6.63. The predicted molar refractivity (Wildman–Crippen MR) is 86.1 cm³/mol. The minimum absolute atomic E-state index is 0.0314. The van der Waals surface area contributed by atoms with Crippen LogP contribution in [0.5, 0.6) is 0 Å². The Bertz CT molecular complexity index is 715. The molecule has 0 saturated heterocycles. The van der Waals surface area contributed by atoms with Gasteiger partial charge in [-0.2, -0.15) is 0 Å². The van der Waals surface area contributed by atoms with Crippen molar-refractivity contribution in [2.24, 2.45) is 0 Å². The van der Waals surface area contributed by atoms with Crippen molar-refractivity contribution in [1.82, 2.24) is 5.32 Å². The first-order valence-corrected chi connectivity index (χ1v) is 7.39. The van der Waals surface area contributed by atoms with E-state index < -0.39 is 0 Å². The van der Waals surface area contributed by atoms with Gasteiger partial charge >= 0.3 is 0 Å². The third-order valence-corrected chi connectivity index (χ3v) is 4.22. The first-order chi connectivity index (χ1) is 10.1. The molecule has 0 fully saturated rings. The van der Waals surface area contributed by atoms with E-state index in [9.17, 15) is 4.79 Å². The van der Waals surface area contributed by atoms with Gasteiger partial charge in [0.15, 0.2) is 0 Å². The Labute approximate surface area is 133 Å². The van der Waals surface area contributed by atoms with Crippen molar-refractivity contribution in [2.75, 3.05) is 12.4 Å². The van der Waals surface area contributed by atoms with Crippen LogP contribution in [0.15, 0.2) is 36.4 Å². The lowest BCUT2D eigenvalue weighted by molar-refractivity contribution is -0.115. The third kappa shape index (κ3) is 2.77. The van der Waals surface area contributed by atoms with Gasteiger partial charge in [-0.05, 0) is 48.0 Å². The van der Waals surface area contributed by atoms with Crippen LogP contribution in [0.1, 0.15) is 22.7 Å². The van der Waals surface area contributed by atoms with Gasteiger partial charge in [-0.25, -0.2) is 0 Å². The maximum Gasteiger partial charge on any atom is 0.228 e. The Morgan fingerprint density at radius 1 is 1.19 bits per heavy atom. The number of benzene rings is 2. The van der Waals surface area contributed by atoms with E-state index >= 15 is 0 Å². The molecule has 2 N–H and O–H groups in total. The molecule has 5 heteroatoms. The predicted octanol–water partition coefficient (Wildman–Crippen LogP) is 3.80. The van der Waals surface area contributed by atoms with Crippen LogP contribution in [0, 0.1) is 0 Å². The normalized spacial score (nSPS) is 14.7. The summed E-state index contributed by atoms with van der Waals surface area (Å²) in [4.78, 5) is 11.5. The number of anilines is 1. The highest BCUT2D eigenvalue weighted by molar-refractivity contribution is 6.33. The van der Waals surface area contributed by atoms with Crippen molar-refractivity contribution in [2.45, 2.75) is 12.5 Å². The monoisotopic (exact) mass is 320 g/mol. The van der Waals surface area contributed by atoms with Gasteiger partial charge in [-0.1, -0.05) is 35.3 Å². The Balaban J connectivity index is 2.03. The summed E-state index contributed by atoms with van der Waals surface area (Å²) in [6.45, 7) is 0. The summed E-state index contributed by atoms with van der Waals surface area (Å²) in [6, 6.07) is 11.3. The van der Waals surface area contributed by atoms with Gasteiger partial charge in [0.2, 0.25) is 5.91 Å². The molecule has 1 atom stereocenters. The van der Waals surface area contributed by atoms with Gasteiger partial charge in [-0.15, -0.1) is 0 Å². The highest BCUT2D eigenvalue weighted by atomic mass is 35.5. The van der Waals surface area contributed by atoms with Gasteiger partial charge in [-0.3, -0.25) is 4.79 Å². The van der Waals surface area contributed by atoms with Crippen LogP contribution < -0.4 is 10.6 Å². The van der Waals surface area contributed by atoms with E-state index in [0.29, 0.717) is 16.5 Å². The standard InChI is InChI=1S/C16H14Cl2N2O/c1-19-16(12-8-11(17)3-4-13(12)18)9-2-5-14-10(6-9)7-15(21)20-14/h2-6,8,16,19H,7H2,1H3,(H,20,21). The number of nitrogens with one attached hydrogen (secondary N) is 2. The number of hydrogen-bond donors (Lipinski definition) is 2. The lowest BCUT2D eigenvalue weighted by Crippen LogP contribution is -2.18. The highest BCUT2D eigenvalue weighted by Crippen LogP contribution is 2.33. The van der Waals surface area contributed by atoms with Crippen molar-refractivity contribution in [1.29, 1.82) is 0 Å². The van der Waals surface area contributed by atoms with E-state index in [1.165, 1.54) is 0 Å². The smallest absolute Gasteiger partial charge is 0.228 e. The number of amides is 1. The molecule has 108 valence electrons. The summed E-state index contributed by atoms with van der Waals surface area (Å²) in [6.07, 6.45) is 0.420. The summed E-state index contributed by atoms with van der Waals surface area (Å²) in [5.41, 5.74) is 3.87. The first kappa shape index (κ1) is 14.4. The topological polar surface area (TPSA) is 41.1 Å². The Kier molecular flexibility index (Phi) is 3.89. The Hall–Kier alpha value is -1.55. The van der Waals surface area contributed by atoms with Crippen molar-refractivity contribution >= 4 is 34.8 Å². The maximum absolute atomic E-state index is 11.5. The SMILES string of the molecule is CNC(c1ccc2c(c1)CC(=O)N2)c1cc(Cl)ccc1Cl. The minimum atomic E-state index is -0.0720. The van der Waals surface area contributed by atoms with Crippen molar-refractivity contribution in [3.05, 3.63) is 63.1 Å². The molecule has 21 heavy (non-hydrogen) atoms. The number of halogens is 2. The number of carbonyl (C=O) groups is 1. The molecule has 1 aliphatic rings. The van der Waals surface area contributed by atoms with E-state index in [-0.39, 0.29) is 11.9 Å². The van der Waals surface area contributed by atoms with E-state index in [4.69, 9.17) is 23.2 Å². The minimum Gasteiger partial charge on any atom is -0.326 e. The Morgan fingerprint density at radius 2 is 2.00 bits per heavy atom. The zero-order chi connectivity index (χ0) is 15.0. The fourth-order valence-electron chi connectivity index (χ4n) is 2.67. The molecule has 2 aromatic carbocycles. The number of carbonyl (C=O) groups excluding carboxylic acids is 1. The third-order valence-electron chi connectivity index (χ3n) is 3.65. The lowest BCUT2D eigenvalue weighted by Gasteiger charge is -2.19. The molecular weight excluding hydrogens is 307 g/mol. The van der Waals surface area contributed by atoms with E-state index in [0.717, 1.165) is 22.4 Å². The average Bonchev–Trinajstić information content (AvgIpc) is 2.83. The summed E-state index contributed by atoms with van der Waals surface area (Å²) in [7, 11) is 1.87. The van der Waals surface area contributed by atoms with Crippen LogP contribution in [0.3, 0.4) is 0 Å². The van der Waals surface area contributed by atoms with Gasteiger partial charge < -0.3 is 10.6 Å². The van der Waals surface area contributed by atoms with Crippen molar-refractivity contribution < 1.29 is 4.79 Å². The molecule has 1 heterocycles. The molecule has 1 aliphatic heterocycles. The second-order valence-corrected chi connectivity index (χ2v) is 5.87. The summed E-state index contributed by atoms with van der Waals surface area (Å²) >= 11 is 12.4. The van der Waals surface area contributed by atoms with Crippen LogP contribution in [-0.4, -0.2) is 13.0 Å². The summed E-state index contributed by atoms with van der Waals surface area (Å²) in [5, 5.41) is 7.40. The molecule has 0 saturated carbocycles. The van der Waals surface area contributed by atoms with Crippen LogP contribution in [-0.2, 0) is 11.2 Å². The molecule has 0 radical (unpaired) electrons. The molecule has 0 spiro atoms. The number of fused-ring (bicyclic) bond motifs is 1. The fraction of sp³-hybridized carbons (Fsp3) is 0.188. The van der Waals surface area contributed by atoms with Crippen LogP contribution in [0.25, 0.3) is 0 Å². The Morgan fingerprint density at radius 3 is 2.76 bits per heavy atom. The summed E-state index contributed by atoms with van der Waals surface area (Å²) in [5.74, 6) is 0.0314. The van der Waals surface area contributed by atoms with Gasteiger partial charge in [0.25, 0.3) is 0 Å². The molecule has 0 aromatic heterocycles. The quantitative estimate of drug-likeness (QED) is 0.903. The molecule has 0 aliphatic carbocycles. The average molecular weight is 321 g/mol. The molecule has 0 bridgehead atoms. The molecule has 1 unspecified atom stereocenters. The highest BCUT2D eigenvalue weighted by Gasteiger charge is 2.21. The van der Waals surface area contributed by atoms with Gasteiger partial charge in [0.05, 0.1) is 12.5 Å². The van der Waals surface area contributed by atoms with E-state index in [1.807, 2.05) is 31.3 Å². The second-order valence-electron chi connectivity index (χ2n) is 5.03.